The second-order valence-electron chi connectivity index (χ2n) is 12.0. The van der Waals surface area contributed by atoms with Gasteiger partial charge in [0, 0.05) is 28.0 Å². The Bertz CT molecular complexity index is 2270. The average Bonchev–Trinajstić information content (AvgIpc) is 3.69. The van der Waals surface area contributed by atoms with Gasteiger partial charge in [-0.3, -0.25) is 9.59 Å². The highest BCUT2D eigenvalue weighted by Gasteiger charge is 2.34. The van der Waals surface area contributed by atoms with Crippen LogP contribution in [0, 0.1) is 0 Å². The smallest absolute Gasteiger partial charge is 0.343 e. The number of anilines is 4. The van der Waals surface area contributed by atoms with Crippen molar-refractivity contribution < 1.29 is 23.9 Å². The first-order valence-electron chi connectivity index (χ1n) is 16.3. The highest BCUT2D eigenvalue weighted by atomic mass is 16.5. The van der Waals surface area contributed by atoms with Crippen LogP contribution in [0.3, 0.4) is 0 Å². The van der Waals surface area contributed by atoms with Crippen molar-refractivity contribution in [1.82, 2.24) is 0 Å². The highest BCUT2D eigenvalue weighted by molar-refractivity contribution is 6.36. The molecule has 7 heteroatoms. The summed E-state index contributed by atoms with van der Waals surface area (Å²) in [6.45, 7) is 0.443. The van der Waals surface area contributed by atoms with E-state index in [1.807, 2.05) is 78.9 Å². The van der Waals surface area contributed by atoms with Gasteiger partial charge in [-0.2, -0.15) is 0 Å². The zero-order valence-corrected chi connectivity index (χ0v) is 26.9. The van der Waals surface area contributed by atoms with Gasteiger partial charge in [0.2, 0.25) is 0 Å². The summed E-state index contributed by atoms with van der Waals surface area (Å²) in [6, 6.07) is 42.5. The van der Waals surface area contributed by atoms with E-state index in [1.54, 1.807) is 60.7 Å². The molecule has 0 unspecified atom stereocenters. The molecule has 6 aromatic rings. The third-order valence-electron chi connectivity index (χ3n) is 8.77. The maximum absolute atomic E-state index is 14.0. The number of carbonyl (C=O) groups excluding carboxylic acids is 3. The summed E-state index contributed by atoms with van der Waals surface area (Å²) in [5.74, 6) is -0.661. The molecule has 6 aromatic carbocycles. The minimum Gasteiger partial charge on any atom is -0.489 e. The molecule has 0 saturated carbocycles. The number of esters is 1. The summed E-state index contributed by atoms with van der Waals surface area (Å²) in [6.07, 6.45) is 7.11. The number of benzene rings is 6. The lowest BCUT2D eigenvalue weighted by Crippen LogP contribution is -2.40. The summed E-state index contributed by atoms with van der Waals surface area (Å²) in [7, 11) is 0. The first kappa shape index (κ1) is 30.6. The number of allylic oxidation sites excluding steroid dienone is 2. The van der Waals surface area contributed by atoms with Crippen LogP contribution in [0.15, 0.2) is 163 Å². The van der Waals surface area contributed by atoms with Gasteiger partial charge in [-0.25, -0.2) is 9.69 Å². The first-order valence-corrected chi connectivity index (χ1v) is 16.3. The molecule has 0 bridgehead atoms. The van der Waals surface area contributed by atoms with Crippen LogP contribution >= 0.6 is 0 Å². The van der Waals surface area contributed by atoms with E-state index in [0.717, 1.165) is 34.0 Å². The van der Waals surface area contributed by atoms with Crippen molar-refractivity contribution in [2.24, 2.45) is 0 Å². The lowest BCUT2D eigenvalue weighted by molar-refractivity contribution is 0.0732. The number of ether oxygens (including phenoxy) is 2. The molecule has 2 amide bonds. The first-order chi connectivity index (χ1) is 24.5. The number of carbonyl (C=O) groups is 3. The molecule has 8 rings (SSSR count). The third kappa shape index (κ3) is 5.82. The molecule has 1 aliphatic heterocycles. The molecule has 50 heavy (non-hydrogen) atoms. The molecule has 7 nitrogen and oxygen atoms in total. The minimum atomic E-state index is -0.569. The van der Waals surface area contributed by atoms with Crippen molar-refractivity contribution in [3.05, 3.63) is 180 Å². The number of para-hydroxylation sites is 2. The Labute approximate surface area is 288 Å². The molecule has 2 aliphatic rings. The summed E-state index contributed by atoms with van der Waals surface area (Å²) in [4.78, 5) is 44.3. The van der Waals surface area contributed by atoms with Crippen LogP contribution in [0.5, 0.6) is 11.5 Å². The number of hydrogen-bond donors (Lipinski definition) is 0. The lowest BCUT2D eigenvalue weighted by atomic mass is 9.93. The van der Waals surface area contributed by atoms with Gasteiger partial charge < -0.3 is 14.4 Å². The van der Waals surface area contributed by atoms with E-state index in [4.69, 9.17) is 9.47 Å². The van der Waals surface area contributed by atoms with E-state index in [-0.39, 0.29) is 11.3 Å². The van der Waals surface area contributed by atoms with E-state index in [2.05, 4.69) is 17.1 Å². The predicted molar refractivity (Wildman–Crippen MR) is 195 cm³/mol. The van der Waals surface area contributed by atoms with Gasteiger partial charge in [0.15, 0.2) is 0 Å². The van der Waals surface area contributed by atoms with Gasteiger partial charge in [0.25, 0.3) is 11.8 Å². The lowest BCUT2D eigenvalue weighted by Gasteiger charge is -2.27. The van der Waals surface area contributed by atoms with Gasteiger partial charge in [0.05, 0.1) is 16.8 Å². The van der Waals surface area contributed by atoms with Crippen molar-refractivity contribution in [2.75, 3.05) is 16.4 Å². The fraction of sp³-hybridized carbons (Fsp3) is 0.0465. The fourth-order valence-electron chi connectivity index (χ4n) is 6.36. The normalized spacial score (nSPS) is 13.4. The zero-order valence-electron chi connectivity index (χ0n) is 26.9. The molecule has 0 N–H and O–H groups in total. The molecule has 242 valence electrons. The molecule has 0 spiro atoms. The summed E-state index contributed by atoms with van der Waals surface area (Å²) < 4.78 is 11.7. The van der Waals surface area contributed by atoms with Gasteiger partial charge in [0.1, 0.15) is 18.1 Å². The predicted octanol–water partition coefficient (Wildman–Crippen LogP) is 9.59. The molecule has 0 radical (unpaired) electrons. The van der Waals surface area contributed by atoms with Gasteiger partial charge >= 0.3 is 5.97 Å². The second kappa shape index (κ2) is 13.1. The largest absolute Gasteiger partial charge is 0.489 e. The Balaban J connectivity index is 1.05. The topological polar surface area (TPSA) is 76.1 Å². The van der Waals surface area contributed by atoms with Crippen molar-refractivity contribution in [3.63, 3.8) is 0 Å². The standard InChI is InChI=1S/C43H30N2O5/c46-41-38-17-9-12-31-26-37(27-39(40(31)38)42(47)45(41)35-22-24-36(25-23-35)49-28-29-10-7-8-11-29)50-43(48)30-18-20-34(21-19-30)44(32-13-3-1-4-14-32)33-15-5-2-6-16-33/h1-7,9-27H,8,28H2. The number of imide groups is 1. The number of rotatable bonds is 9. The number of nitrogens with zero attached hydrogens (tertiary/aromatic N) is 2. The van der Waals surface area contributed by atoms with Crippen LogP contribution in [0.2, 0.25) is 0 Å². The average molecular weight is 655 g/mol. The maximum atomic E-state index is 14.0. The van der Waals surface area contributed by atoms with Crippen LogP contribution in [-0.2, 0) is 0 Å². The van der Waals surface area contributed by atoms with E-state index in [0.29, 0.717) is 39.9 Å². The molecule has 0 saturated heterocycles. The monoisotopic (exact) mass is 654 g/mol. The van der Waals surface area contributed by atoms with Gasteiger partial charge in [-0.15, -0.1) is 0 Å². The summed E-state index contributed by atoms with van der Waals surface area (Å²) >= 11 is 0. The van der Waals surface area contributed by atoms with Gasteiger partial charge in [-0.1, -0.05) is 66.8 Å². The van der Waals surface area contributed by atoms with E-state index < -0.39 is 17.8 Å². The Morgan fingerprint density at radius 3 is 1.98 bits per heavy atom. The van der Waals surface area contributed by atoms with E-state index in [1.165, 1.54) is 6.07 Å². The molecular formula is C43H30N2O5. The SMILES string of the molecule is O=C(Oc1cc2c3c(cccc3c1)C(=O)N(c1ccc(OCC3=CCC=C3)cc1)C2=O)c1ccc(N(c2ccccc2)c2ccccc2)cc1. The van der Waals surface area contributed by atoms with Crippen LogP contribution < -0.4 is 19.3 Å². The number of hydrogen-bond acceptors (Lipinski definition) is 6. The van der Waals surface area contributed by atoms with Crippen LogP contribution in [0.1, 0.15) is 37.5 Å². The maximum Gasteiger partial charge on any atom is 0.343 e. The highest BCUT2D eigenvalue weighted by Crippen LogP contribution is 2.37. The molecule has 0 atom stereocenters. The molecule has 0 aromatic heterocycles. The van der Waals surface area contributed by atoms with Gasteiger partial charge in [-0.05, 0) is 108 Å². The van der Waals surface area contributed by atoms with Crippen molar-refractivity contribution in [3.8, 4) is 11.5 Å². The molecular weight excluding hydrogens is 624 g/mol. The Morgan fingerprint density at radius 2 is 1.32 bits per heavy atom. The minimum absolute atomic E-state index is 0.204. The van der Waals surface area contributed by atoms with Crippen molar-refractivity contribution in [2.45, 2.75) is 6.42 Å². The Hall–Kier alpha value is -6.73. The summed E-state index contributed by atoms with van der Waals surface area (Å²) in [5, 5.41) is 1.16. The van der Waals surface area contributed by atoms with Crippen molar-refractivity contribution in [1.29, 1.82) is 0 Å². The number of amides is 2. The quantitative estimate of drug-likeness (QED) is 0.0878. The molecule has 0 fully saturated rings. The van der Waals surface area contributed by atoms with Crippen molar-refractivity contribution >= 4 is 51.3 Å². The summed E-state index contributed by atoms with van der Waals surface area (Å²) in [5.41, 5.74) is 5.38. The van der Waals surface area contributed by atoms with E-state index in [9.17, 15) is 14.4 Å². The third-order valence-corrected chi connectivity index (χ3v) is 8.77. The fourth-order valence-corrected chi connectivity index (χ4v) is 6.36. The van der Waals surface area contributed by atoms with Crippen LogP contribution in [0.4, 0.5) is 22.7 Å². The van der Waals surface area contributed by atoms with E-state index >= 15 is 0 Å². The molecule has 1 heterocycles. The second-order valence-corrected chi connectivity index (χ2v) is 12.0. The zero-order chi connectivity index (χ0) is 34.0. The Kier molecular flexibility index (Phi) is 7.99. The van der Waals surface area contributed by atoms with Crippen LogP contribution in [-0.4, -0.2) is 24.4 Å². The Morgan fingerprint density at radius 1 is 0.660 bits per heavy atom. The molecule has 1 aliphatic carbocycles. The van der Waals surface area contributed by atoms with Crippen LogP contribution in [0.25, 0.3) is 10.8 Å².